The van der Waals surface area contributed by atoms with Crippen molar-refractivity contribution in [1.82, 2.24) is 0 Å². The highest BCUT2D eigenvalue weighted by atomic mass is 32.1. The van der Waals surface area contributed by atoms with Crippen LogP contribution in [0.4, 0.5) is 0 Å². The van der Waals surface area contributed by atoms with E-state index < -0.39 is 0 Å². The van der Waals surface area contributed by atoms with E-state index in [2.05, 4.69) is 36.6 Å². The monoisotopic (exact) mass is 162 g/mol. The fourth-order valence-corrected chi connectivity index (χ4v) is 2.14. The predicted molar refractivity (Wildman–Crippen MR) is 51.6 cm³/mol. The summed E-state index contributed by atoms with van der Waals surface area (Å²) in [6.45, 7) is 2.18. The molecule has 0 amide bonds. The minimum Gasteiger partial charge on any atom is -0.144 e. The predicted octanol–water partition coefficient (Wildman–Crippen LogP) is 3.57. The molecule has 1 aliphatic rings. The van der Waals surface area contributed by atoms with E-state index >= 15 is 0 Å². The number of hydrogen-bond donors (Lipinski definition) is 0. The summed E-state index contributed by atoms with van der Waals surface area (Å²) in [5, 5.41) is 2.14. The summed E-state index contributed by atoms with van der Waals surface area (Å²) in [5.41, 5.74) is 2.81. The summed E-state index contributed by atoms with van der Waals surface area (Å²) < 4.78 is 0. The van der Waals surface area contributed by atoms with E-state index in [1.807, 2.05) is 11.3 Å². The van der Waals surface area contributed by atoms with E-state index in [0.29, 0.717) is 0 Å². The van der Waals surface area contributed by atoms with Crippen LogP contribution in [0.2, 0.25) is 0 Å². The van der Waals surface area contributed by atoms with E-state index in [0.717, 1.165) is 6.42 Å². The van der Waals surface area contributed by atoms with Gasteiger partial charge in [0.15, 0.2) is 0 Å². The maximum Gasteiger partial charge on any atom is 0.0342 e. The van der Waals surface area contributed by atoms with Crippen LogP contribution in [-0.2, 0) is 0 Å². The minimum atomic E-state index is 1.10. The first kappa shape index (κ1) is 6.86. The molecule has 0 radical (unpaired) electrons. The van der Waals surface area contributed by atoms with E-state index in [1.54, 1.807) is 0 Å². The summed E-state index contributed by atoms with van der Waals surface area (Å²) in [4.78, 5) is 1.40. The Labute approximate surface area is 70.9 Å². The molecular formula is C10H10S. The van der Waals surface area contributed by atoms with Gasteiger partial charge in [0.05, 0.1) is 0 Å². The quantitative estimate of drug-likeness (QED) is 0.547. The average Bonchev–Trinajstić information content (AvgIpc) is 2.31. The van der Waals surface area contributed by atoms with Crippen molar-refractivity contribution in [2.24, 2.45) is 0 Å². The van der Waals surface area contributed by atoms with Gasteiger partial charge in [0.2, 0.25) is 0 Å². The zero-order valence-corrected chi connectivity index (χ0v) is 7.32. The van der Waals surface area contributed by atoms with E-state index in [4.69, 9.17) is 0 Å². The number of thiophene rings is 1. The molecule has 0 saturated heterocycles. The van der Waals surface area contributed by atoms with Gasteiger partial charge in [-0.2, -0.15) is 0 Å². The second-order valence-electron chi connectivity index (χ2n) is 2.84. The smallest absolute Gasteiger partial charge is 0.0342 e. The molecule has 0 spiro atoms. The molecule has 0 saturated carbocycles. The summed E-state index contributed by atoms with van der Waals surface area (Å²) in [6, 6.07) is 2.17. The molecule has 0 bridgehead atoms. The maximum absolute atomic E-state index is 2.28. The lowest BCUT2D eigenvalue weighted by Gasteiger charge is -1.90. The summed E-state index contributed by atoms with van der Waals surface area (Å²) in [6.07, 6.45) is 7.81. The second kappa shape index (κ2) is 2.67. The molecule has 1 heterocycles. The highest BCUT2D eigenvalue weighted by Gasteiger charge is 2.01. The van der Waals surface area contributed by atoms with Crippen LogP contribution < -0.4 is 0 Å². The van der Waals surface area contributed by atoms with Gasteiger partial charge < -0.3 is 0 Å². The van der Waals surface area contributed by atoms with Gasteiger partial charge in [-0.1, -0.05) is 17.7 Å². The van der Waals surface area contributed by atoms with Crippen LogP contribution in [0.1, 0.15) is 23.8 Å². The Morgan fingerprint density at radius 3 is 3.27 bits per heavy atom. The molecule has 1 aromatic rings. The van der Waals surface area contributed by atoms with Gasteiger partial charge in [0.1, 0.15) is 0 Å². The number of rotatable bonds is 0. The number of allylic oxidation sites excluding steroid dienone is 2. The van der Waals surface area contributed by atoms with Crippen LogP contribution in [0.3, 0.4) is 0 Å². The lowest BCUT2D eigenvalue weighted by atomic mass is 10.2. The Morgan fingerprint density at radius 1 is 1.45 bits per heavy atom. The van der Waals surface area contributed by atoms with Crippen molar-refractivity contribution < 1.29 is 0 Å². The third kappa shape index (κ3) is 1.29. The van der Waals surface area contributed by atoms with Crippen LogP contribution in [0.5, 0.6) is 0 Å². The summed E-state index contributed by atoms with van der Waals surface area (Å²) in [5.74, 6) is 0. The van der Waals surface area contributed by atoms with Gasteiger partial charge in [-0.25, -0.2) is 0 Å². The molecule has 1 aromatic heterocycles. The van der Waals surface area contributed by atoms with Gasteiger partial charge in [-0.15, -0.1) is 11.3 Å². The van der Waals surface area contributed by atoms with Gasteiger partial charge in [-0.05, 0) is 36.4 Å². The maximum atomic E-state index is 2.28. The lowest BCUT2D eigenvalue weighted by Crippen LogP contribution is -1.68. The topological polar surface area (TPSA) is 0 Å². The van der Waals surface area contributed by atoms with Gasteiger partial charge in [0.25, 0.3) is 0 Å². The van der Waals surface area contributed by atoms with Gasteiger partial charge in [0, 0.05) is 4.88 Å². The van der Waals surface area contributed by atoms with E-state index in [9.17, 15) is 0 Å². The molecule has 0 N–H and O–H groups in total. The minimum absolute atomic E-state index is 1.10. The molecule has 2 rings (SSSR count). The van der Waals surface area contributed by atoms with Crippen LogP contribution in [0.25, 0.3) is 12.2 Å². The Morgan fingerprint density at radius 2 is 2.36 bits per heavy atom. The van der Waals surface area contributed by atoms with Crippen LogP contribution in [0, 0.1) is 0 Å². The lowest BCUT2D eigenvalue weighted by molar-refractivity contribution is 1.25. The first-order chi connectivity index (χ1) is 5.36. The first-order valence-corrected chi connectivity index (χ1v) is 4.65. The van der Waals surface area contributed by atoms with Gasteiger partial charge >= 0.3 is 0 Å². The van der Waals surface area contributed by atoms with Gasteiger partial charge in [-0.3, -0.25) is 0 Å². The molecule has 1 heteroatoms. The molecule has 0 aromatic carbocycles. The Balaban J connectivity index is 2.55. The third-order valence-corrected chi connectivity index (χ3v) is 2.72. The van der Waals surface area contributed by atoms with Crippen molar-refractivity contribution >= 4 is 23.5 Å². The highest BCUT2D eigenvalue weighted by molar-refractivity contribution is 7.11. The molecule has 11 heavy (non-hydrogen) atoms. The van der Waals surface area contributed by atoms with Crippen LogP contribution in [-0.4, -0.2) is 0 Å². The Bertz CT molecular complexity index is 315. The SMILES string of the molecule is CC1=Cc2sccc2C=CC1. The van der Waals surface area contributed by atoms with Crippen molar-refractivity contribution in [1.29, 1.82) is 0 Å². The van der Waals surface area contributed by atoms with Crippen LogP contribution >= 0.6 is 11.3 Å². The number of fused-ring (bicyclic) bond motifs is 1. The third-order valence-electron chi connectivity index (χ3n) is 1.84. The molecule has 0 fully saturated rings. The van der Waals surface area contributed by atoms with E-state index in [1.165, 1.54) is 16.0 Å². The highest BCUT2D eigenvalue weighted by Crippen LogP contribution is 2.25. The molecule has 56 valence electrons. The zero-order chi connectivity index (χ0) is 7.68. The van der Waals surface area contributed by atoms with Crippen molar-refractivity contribution in [3.63, 3.8) is 0 Å². The molecule has 0 unspecified atom stereocenters. The first-order valence-electron chi connectivity index (χ1n) is 3.77. The Kier molecular flexibility index (Phi) is 1.66. The fraction of sp³-hybridized carbons (Fsp3) is 0.200. The van der Waals surface area contributed by atoms with Crippen LogP contribution in [0.15, 0.2) is 23.1 Å². The number of hydrogen-bond acceptors (Lipinski definition) is 1. The van der Waals surface area contributed by atoms with Crippen molar-refractivity contribution in [3.05, 3.63) is 33.5 Å². The molecule has 0 atom stereocenters. The Hall–Kier alpha value is -0.820. The molecule has 0 aliphatic heterocycles. The fourth-order valence-electron chi connectivity index (χ4n) is 1.24. The second-order valence-corrected chi connectivity index (χ2v) is 3.79. The average molecular weight is 162 g/mol. The normalized spacial score (nSPS) is 15.5. The molecular weight excluding hydrogens is 152 g/mol. The van der Waals surface area contributed by atoms with Crippen molar-refractivity contribution in [3.8, 4) is 0 Å². The standard InChI is InChI=1S/C10H10S/c1-8-3-2-4-9-5-6-11-10(9)7-8/h2,4-7H,3H2,1H3. The van der Waals surface area contributed by atoms with Crippen molar-refractivity contribution in [2.75, 3.05) is 0 Å². The molecule has 0 nitrogen and oxygen atoms in total. The summed E-state index contributed by atoms with van der Waals surface area (Å²) in [7, 11) is 0. The van der Waals surface area contributed by atoms with Crippen molar-refractivity contribution in [2.45, 2.75) is 13.3 Å². The zero-order valence-electron chi connectivity index (χ0n) is 6.50. The molecule has 1 aliphatic carbocycles. The largest absolute Gasteiger partial charge is 0.144 e. The summed E-state index contributed by atoms with van der Waals surface area (Å²) >= 11 is 1.81. The van der Waals surface area contributed by atoms with E-state index in [-0.39, 0.29) is 0 Å².